The number of fused-ring (bicyclic) bond motifs is 1. The molecule has 0 spiro atoms. The van der Waals surface area contributed by atoms with E-state index in [2.05, 4.69) is 0 Å². The Morgan fingerprint density at radius 1 is 1.00 bits per heavy atom. The highest BCUT2D eigenvalue weighted by Crippen LogP contribution is 2.44. The maximum absolute atomic E-state index is 12.4. The highest BCUT2D eigenvalue weighted by molar-refractivity contribution is 7.39. The highest BCUT2D eigenvalue weighted by Gasteiger charge is 2.54. The Labute approximate surface area is 153 Å². The molecule has 0 fully saturated rings. The van der Waals surface area contributed by atoms with Crippen molar-refractivity contribution >= 4 is 24.8 Å². The van der Waals surface area contributed by atoms with E-state index in [1.165, 1.54) is 0 Å². The molecule has 0 heterocycles. The van der Waals surface area contributed by atoms with Crippen LogP contribution < -0.4 is 0 Å². The van der Waals surface area contributed by atoms with Crippen LogP contribution in [0.3, 0.4) is 0 Å². The van der Waals surface area contributed by atoms with E-state index in [1.54, 1.807) is 19.1 Å². The first kappa shape index (κ1) is 18.2. The topological polar surface area (TPSA) is 74.6 Å². The maximum atomic E-state index is 12.4. The first-order chi connectivity index (χ1) is 12.4. The van der Waals surface area contributed by atoms with Gasteiger partial charge in [-0.25, -0.2) is 0 Å². The van der Waals surface area contributed by atoms with Crippen molar-refractivity contribution in [3.8, 4) is 0 Å². The van der Waals surface area contributed by atoms with Gasteiger partial charge in [-0.05, 0) is 33.4 Å². The lowest BCUT2D eigenvalue weighted by Gasteiger charge is -2.28. The molecule has 0 aromatic heterocycles. The number of hydrogen-bond donors (Lipinski definition) is 2. The average molecular weight is 367 g/mol. The smallest absolute Gasteiger partial charge is 0.480 e. The Balaban J connectivity index is 2.19. The molecule has 5 heteroatoms. The van der Waals surface area contributed by atoms with E-state index in [-0.39, 0.29) is 6.42 Å². The molecule has 0 aliphatic heterocycles. The minimum Gasteiger partial charge on any atom is -0.480 e. The van der Waals surface area contributed by atoms with Gasteiger partial charge in [0.05, 0.1) is 0 Å². The zero-order valence-corrected chi connectivity index (χ0v) is 15.3. The summed E-state index contributed by atoms with van der Waals surface area (Å²) in [5, 5.41) is 11.8. The summed E-state index contributed by atoms with van der Waals surface area (Å²) >= 11 is 0. The van der Waals surface area contributed by atoms with E-state index < -0.39 is 25.1 Å². The van der Waals surface area contributed by atoms with E-state index in [0.29, 0.717) is 5.56 Å². The Morgan fingerprint density at radius 2 is 1.62 bits per heavy atom. The fourth-order valence-electron chi connectivity index (χ4n) is 3.46. The van der Waals surface area contributed by atoms with Gasteiger partial charge in [-0.1, -0.05) is 72.8 Å². The van der Waals surface area contributed by atoms with Crippen molar-refractivity contribution in [3.63, 3.8) is 0 Å². The fraction of sp³-hybridized carbons (Fsp3) is 0.190. The molecule has 3 aromatic carbocycles. The summed E-state index contributed by atoms with van der Waals surface area (Å²) in [7, 11) is -2.72. The summed E-state index contributed by atoms with van der Waals surface area (Å²) in [5.74, 6) is -1.10. The molecule has 26 heavy (non-hydrogen) atoms. The number of rotatable bonds is 6. The van der Waals surface area contributed by atoms with Crippen LogP contribution in [0.25, 0.3) is 10.8 Å². The second kappa shape index (κ2) is 7.36. The van der Waals surface area contributed by atoms with Crippen LogP contribution in [0.2, 0.25) is 0 Å². The van der Waals surface area contributed by atoms with Crippen LogP contribution in [-0.4, -0.2) is 21.6 Å². The van der Waals surface area contributed by atoms with Gasteiger partial charge in [-0.2, -0.15) is 4.89 Å². The molecule has 4 nitrogen and oxygen atoms in total. The molecular formula is C21H20O4P+. The molecule has 2 N–H and O–H groups in total. The van der Waals surface area contributed by atoms with Crippen LogP contribution in [-0.2, 0) is 21.2 Å². The van der Waals surface area contributed by atoms with Gasteiger partial charge in [0, 0.05) is 6.42 Å². The molecule has 0 saturated heterocycles. The van der Waals surface area contributed by atoms with Crippen LogP contribution in [0.4, 0.5) is 0 Å². The normalized spacial score (nSPS) is 15.2. The van der Waals surface area contributed by atoms with Gasteiger partial charge in [0.15, 0.2) is 0 Å². The first-order valence-electron chi connectivity index (χ1n) is 8.35. The monoisotopic (exact) mass is 367 g/mol. The van der Waals surface area contributed by atoms with Crippen molar-refractivity contribution in [2.45, 2.75) is 24.4 Å². The van der Waals surface area contributed by atoms with Crippen LogP contribution in [0.15, 0.2) is 72.8 Å². The largest absolute Gasteiger partial charge is 0.510 e. The number of carbonyl (C=O) groups is 1. The molecule has 0 bridgehead atoms. The van der Waals surface area contributed by atoms with Gasteiger partial charge in [0.2, 0.25) is 5.66 Å². The summed E-state index contributed by atoms with van der Waals surface area (Å²) < 4.78 is 12.2. The van der Waals surface area contributed by atoms with Crippen molar-refractivity contribution in [2.24, 2.45) is 0 Å². The molecule has 0 aliphatic carbocycles. The fourth-order valence-corrected chi connectivity index (χ4v) is 4.51. The summed E-state index contributed by atoms with van der Waals surface area (Å²) in [6, 6.07) is 22.2. The zero-order valence-electron chi connectivity index (χ0n) is 14.4. The molecule has 3 rings (SSSR count). The van der Waals surface area contributed by atoms with Gasteiger partial charge in [-0.3, -0.25) is 4.79 Å². The lowest BCUT2D eigenvalue weighted by Crippen LogP contribution is -2.43. The zero-order chi connectivity index (χ0) is 18.7. The van der Waals surface area contributed by atoms with Crippen molar-refractivity contribution in [3.05, 3.63) is 83.9 Å². The third kappa shape index (κ3) is 3.26. The SMILES string of the molecule is CC(C(=O)O)(c1cccc2ccccc12)C(Cc1ccccc1)[P+](=O)O. The molecule has 0 amide bonds. The summed E-state index contributed by atoms with van der Waals surface area (Å²) in [4.78, 5) is 22.4. The summed E-state index contributed by atoms with van der Waals surface area (Å²) in [6.45, 7) is 1.55. The predicted molar refractivity (Wildman–Crippen MR) is 103 cm³/mol. The van der Waals surface area contributed by atoms with Crippen LogP contribution >= 0.6 is 8.03 Å². The van der Waals surface area contributed by atoms with Gasteiger partial charge in [0.25, 0.3) is 0 Å². The van der Waals surface area contributed by atoms with Gasteiger partial charge in [-0.15, -0.1) is 0 Å². The van der Waals surface area contributed by atoms with Gasteiger partial charge < -0.3 is 5.11 Å². The van der Waals surface area contributed by atoms with Crippen molar-refractivity contribution in [2.75, 3.05) is 0 Å². The Morgan fingerprint density at radius 3 is 2.27 bits per heavy atom. The summed E-state index contributed by atoms with van der Waals surface area (Å²) in [6.07, 6.45) is 0.207. The maximum Gasteiger partial charge on any atom is 0.510 e. The average Bonchev–Trinajstić information content (AvgIpc) is 2.65. The quantitative estimate of drug-likeness (QED) is 0.628. The first-order valence-corrected chi connectivity index (χ1v) is 9.63. The minimum absolute atomic E-state index is 0.207. The van der Waals surface area contributed by atoms with Crippen LogP contribution in [0.1, 0.15) is 18.1 Å². The van der Waals surface area contributed by atoms with E-state index in [4.69, 9.17) is 0 Å². The Bertz CT molecular complexity index is 949. The molecule has 0 radical (unpaired) electrons. The molecule has 132 valence electrons. The van der Waals surface area contributed by atoms with E-state index in [0.717, 1.165) is 16.3 Å². The third-order valence-corrected chi connectivity index (χ3v) is 6.23. The van der Waals surface area contributed by atoms with Gasteiger partial charge >= 0.3 is 14.0 Å². The van der Waals surface area contributed by atoms with Crippen molar-refractivity contribution in [1.82, 2.24) is 0 Å². The third-order valence-electron chi connectivity index (χ3n) is 5.00. The lowest BCUT2D eigenvalue weighted by atomic mass is 9.75. The molecule has 0 saturated carbocycles. The number of benzene rings is 3. The number of aliphatic carboxylic acids is 1. The predicted octanol–water partition coefficient (Wildman–Crippen LogP) is 4.53. The van der Waals surface area contributed by atoms with E-state index in [9.17, 15) is 19.4 Å². The van der Waals surface area contributed by atoms with Crippen LogP contribution in [0.5, 0.6) is 0 Å². The molecule has 3 aromatic rings. The lowest BCUT2D eigenvalue weighted by molar-refractivity contribution is -0.143. The Hall–Kier alpha value is -2.55. The number of carboxylic acids is 1. The second-order valence-electron chi connectivity index (χ2n) is 6.54. The van der Waals surface area contributed by atoms with Crippen molar-refractivity contribution in [1.29, 1.82) is 0 Å². The summed E-state index contributed by atoms with van der Waals surface area (Å²) in [5.41, 5.74) is -1.06. The standard InChI is InChI=1S/C21H19O4P/c1-21(20(22)23,18-13-7-11-16-10-5-6-12-17(16)18)19(26(24)25)14-15-8-3-2-4-9-15/h2-13,19H,14H2,1H3,(H-,22,23,24,25)/p+1. The number of hydrogen-bond acceptors (Lipinski definition) is 2. The molecule has 3 unspecified atom stereocenters. The number of carboxylic acid groups (broad SMARTS) is 1. The van der Waals surface area contributed by atoms with E-state index >= 15 is 0 Å². The Kier molecular flexibility index (Phi) is 5.17. The van der Waals surface area contributed by atoms with E-state index in [1.807, 2.05) is 60.7 Å². The van der Waals surface area contributed by atoms with Gasteiger partial charge in [0.1, 0.15) is 5.41 Å². The highest BCUT2D eigenvalue weighted by atomic mass is 31.1. The second-order valence-corrected chi connectivity index (χ2v) is 7.77. The molecule has 3 atom stereocenters. The van der Waals surface area contributed by atoms with Crippen molar-refractivity contribution < 1.29 is 19.4 Å². The molecule has 0 aliphatic rings. The van der Waals surface area contributed by atoms with Crippen LogP contribution in [0, 0.1) is 0 Å². The minimum atomic E-state index is -2.72. The molecular weight excluding hydrogens is 347 g/mol.